The second-order valence-electron chi connectivity index (χ2n) is 7.06. The van der Waals surface area contributed by atoms with Crippen molar-refractivity contribution < 1.29 is 23.5 Å². The van der Waals surface area contributed by atoms with E-state index in [1.54, 1.807) is 24.5 Å². The molecule has 11 heteroatoms. The summed E-state index contributed by atoms with van der Waals surface area (Å²) in [7, 11) is -3.35. The molecule has 1 amide bonds. The molecule has 5 N–H and O–H groups in total. The quantitative estimate of drug-likeness (QED) is 0.253. The van der Waals surface area contributed by atoms with E-state index in [2.05, 4.69) is 20.6 Å². The van der Waals surface area contributed by atoms with Gasteiger partial charge in [0, 0.05) is 18.1 Å². The van der Waals surface area contributed by atoms with Crippen molar-refractivity contribution >= 4 is 33.2 Å². The van der Waals surface area contributed by atoms with Crippen molar-refractivity contribution in [3.8, 4) is 0 Å². The highest BCUT2D eigenvalue weighted by Gasteiger charge is 2.19. The van der Waals surface area contributed by atoms with Gasteiger partial charge in [0.2, 0.25) is 5.95 Å². The number of nitrogens with zero attached hydrogens (tertiary/aromatic N) is 2. The molecule has 0 aliphatic carbocycles. The second kappa shape index (κ2) is 9.73. The van der Waals surface area contributed by atoms with E-state index in [1.165, 1.54) is 12.3 Å². The molecule has 0 radical (unpaired) electrons. The minimum Gasteiger partial charge on any atom is -0.394 e. The third-order valence-corrected chi connectivity index (χ3v) is 5.92. The Bertz CT molecular complexity index is 1220. The average molecular weight is 458 g/mol. The molecule has 0 aliphatic rings. The minimum atomic E-state index is -3.35. The minimum absolute atomic E-state index is 0.0314. The van der Waals surface area contributed by atoms with Gasteiger partial charge in [-0.3, -0.25) is 10.0 Å². The number of carbonyl (C=O) groups is 1. The summed E-state index contributed by atoms with van der Waals surface area (Å²) in [6.45, 7) is 1.40. The van der Waals surface area contributed by atoms with Crippen molar-refractivity contribution in [3.05, 3.63) is 71.4 Å². The van der Waals surface area contributed by atoms with Crippen molar-refractivity contribution in [3.63, 3.8) is 0 Å². The summed E-state index contributed by atoms with van der Waals surface area (Å²) in [5.74, 6) is -0.614. The van der Waals surface area contributed by atoms with Crippen LogP contribution in [-0.4, -0.2) is 47.5 Å². The number of hydroxylamine groups is 1. The van der Waals surface area contributed by atoms with Crippen LogP contribution in [0.5, 0.6) is 0 Å². The third-order valence-electron chi connectivity index (χ3n) is 4.66. The first-order valence-electron chi connectivity index (χ1n) is 9.54. The molecule has 0 spiro atoms. The number of hydrogen-bond acceptors (Lipinski definition) is 9. The molecule has 168 valence electrons. The summed E-state index contributed by atoms with van der Waals surface area (Å²) in [5.41, 5.74) is 3.38. The van der Waals surface area contributed by atoms with Crippen molar-refractivity contribution in [2.45, 2.75) is 17.9 Å². The molecule has 1 atom stereocenters. The molecule has 0 saturated carbocycles. The summed E-state index contributed by atoms with van der Waals surface area (Å²) in [6.07, 6.45) is 2.36. The second-order valence-corrected chi connectivity index (χ2v) is 9.05. The summed E-state index contributed by atoms with van der Waals surface area (Å²) in [4.78, 5) is 20.7. The van der Waals surface area contributed by atoms with Gasteiger partial charge in [-0.05, 0) is 36.2 Å². The van der Waals surface area contributed by atoms with Crippen LogP contribution in [0.25, 0.3) is 0 Å². The van der Waals surface area contributed by atoms with E-state index in [9.17, 15) is 18.3 Å². The number of aliphatic hydroxyl groups excluding tert-OH is 1. The molecule has 3 aromatic rings. The van der Waals surface area contributed by atoms with E-state index >= 15 is 0 Å². The number of hydrogen-bond donors (Lipinski definition) is 5. The monoisotopic (exact) mass is 457 g/mol. The predicted molar refractivity (Wildman–Crippen MR) is 119 cm³/mol. The summed E-state index contributed by atoms with van der Waals surface area (Å²) in [5, 5.41) is 24.9. The van der Waals surface area contributed by atoms with Crippen LogP contribution in [-0.2, 0) is 9.84 Å². The van der Waals surface area contributed by atoms with Gasteiger partial charge in [-0.2, -0.15) is 4.98 Å². The zero-order chi connectivity index (χ0) is 23.3. The van der Waals surface area contributed by atoms with Gasteiger partial charge in [-0.15, -0.1) is 0 Å². The number of rotatable bonds is 8. The predicted octanol–water partition coefficient (Wildman–Crippen LogP) is 2.20. The number of aryl methyl sites for hydroxylation is 1. The number of anilines is 3. The first-order valence-corrected chi connectivity index (χ1v) is 11.4. The van der Waals surface area contributed by atoms with E-state index < -0.39 is 21.8 Å². The van der Waals surface area contributed by atoms with E-state index in [1.807, 2.05) is 30.3 Å². The molecule has 2 aromatic carbocycles. The Balaban J connectivity index is 1.93. The smallest absolute Gasteiger partial charge is 0.279 e. The van der Waals surface area contributed by atoms with Crippen molar-refractivity contribution in [1.29, 1.82) is 0 Å². The average Bonchev–Trinajstić information content (AvgIpc) is 2.77. The lowest BCUT2D eigenvalue weighted by atomic mass is 10.1. The lowest BCUT2D eigenvalue weighted by Gasteiger charge is -2.19. The Morgan fingerprint density at radius 3 is 2.47 bits per heavy atom. The van der Waals surface area contributed by atoms with Gasteiger partial charge in [0.25, 0.3) is 5.91 Å². The number of benzene rings is 2. The molecule has 32 heavy (non-hydrogen) atoms. The molecule has 1 heterocycles. The molecular weight excluding hydrogens is 434 g/mol. The molecule has 10 nitrogen and oxygen atoms in total. The molecule has 0 fully saturated rings. The van der Waals surface area contributed by atoms with Crippen LogP contribution in [0.4, 0.5) is 17.5 Å². The molecular formula is C21H23N5O5S. The molecule has 0 unspecified atom stereocenters. The summed E-state index contributed by atoms with van der Waals surface area (Å²) in [6, 6.07) is 13.2. The SMILES string of the molecule is Cc1cc(Nc2ncc(C(=O)NO)c(N[C@H](CO)c3ccccc3)n2)ccc1S(C)(=O)=O. The van der Waals surface area contributed by atoms with E-state index in [0.29, 0.717) is 11.3 Å². The van der Waals surface area contributed by atoms with Gasteiger partial charge in [0.1, 0.15) is 11.4 Å². The fraction of sp³-hybridized carbons (Fsp3) is 0.190. The number of sulfone groups is 1. The number of aromatic nitrogens is 2. The molecule has 0 aliphatic heterocycles. The fourth-order valence-corrected chi connectivity index (χ4v) is 4.09. The number of aliphatic hydroxyl groups is 1. The molecule has 0 bridgehead atoms. The lowest BCUT2D eigenvalue weighted by molar-refractivity contribution is 0.0706. The highest BCUT2D eigenvalue weighted by Crippen LogP contribution is 2.25. The van der Waals surface area contributed by atoms with Gasteiger partial charge >= 0.3 is 0 Å². The Kier molecular flexibility index (Phi) is 7.03. The van der Waals surface area contributed by atoms with Crippen LogP contribution >= 0.6 is 0 Å². The Morgan fingerprint density at radius 1 is 1.16 bits per heavy atom. The Hall–Kier alpha value is -3.54. The van der Waals surface area contributed by atoms with Gasteiger partial charge in [-0.1, -0.05) is 30.3 Å². The summed E-state index contributed by atoms with van der Waals surface area (Å²) >= 11 is 0. The molecule has 0 saturated heterocycles. The fourth-order valence-electron chi connectivity index (χ4n) is 3.14. The van der Waals surface area contributed by atoms with Crippen molar-refractivity contribution in [1.82, 2.24) is 15.4 Å². The topological polar surface area (TPSA) is 154 Å². The van der Waals surface area contributed by atoms with Gasteiger partial charge < -0.3 is 15.7 Å². The first kappa shape index (κ1) is 23.1. The number of carbonyl (C=O) groups excluding carboxylic acids is 1. The zero-order valence-electron chi connectivity index (χ0n) is 17.4. The van der Waals surface area contributed by atoms with Crippen LogP contribution in [0.1, 0.15) is 27.5 Å². The van der Waals surface area contributed by atoms with Gasteiger partial charge in [-0.25, -0.2) is 18.9 Å². The van der Waals surface area contributed by atoms with Crippen LogP contribution in [0.3, 0.4) is 0 Å². The van der Waals surface area contributed by atoms with Crippen LogP contribution in [0, 0.1) is 6.92 Å². The van der Waals surface area contributed by atoms with Crippen LogP contribution in [0.2, 0.25) is 0 Å². The highest BCUT2D eigenvalue weighted by atomic mass is 32.2. The Labute approximate surface area is 185 Å². The maximum Gasteiger partial charge on any atom is 0.279 e. The molecule has 1 aromatic heterocycles. The largest absolute Gasteiger partial charge is 0.394 e. The van der Waals surface area contributed by atoms with Gasteiger partial charge in [0.15, 0.2) is 9.84 Å². The Morgan fingerprint density at radius 2 is 1.88 bits per heavy atom. The zero-order valence-corrected chi connectivity index (χ0v) is 18.2. The van der Waals surface area contributed by atoms with Crippen molar-refractivity contribution in [2.24, 2.45) is 0 Å². The standard InChI is InChI=1S/C21H23N5O5S/c1-13-10-15(8-9-18(13)32(2,30)31)23-21-22-11-16(20(28)26-29)19(25-21)24-17(12-27)14-6-4-3-5-7-14/h3-11,17,27,29H,12H2,1-2H3,(H,26,28)(H2,22,23,24,25)/t17-/m1/s1. The normalized spacial score (nSPS) is 12.1. The van der Waals surface area contributed by atoms with E-state index in [-0.39, 0.29) is 28.8 Å². The van der Waals surface area contributed by atoms with Gasteiger partial charge in [0.05, 0.1) is 17.5 Å². The van der Waals surface area contributed by atoms with Crippen LogP contribution < -0.4 is 16.1 Å². The van der Waals surface area contributed by atoms with E-state index in [4.69, 9.17) is 5.21 Å². The van der Waals surface area contributed by atoms with E-state index in [0.717, 1.165) is 11.8 Å². The third kappa shape index (κ3) is 5.38. The first-order chi connectivity index (χ1) is 15.2. The molecule has 3 rings (SSSR count). The number of nitrogens with one attached hydrogen (secondary N) is 3. The summed E-state index contributed by atoms with van der Waals surface area (Å²) < 4.78 is 23.6. The maximum atomic E-state index is 12.1. The number of amides is 1. The highest BCUT2D eigenvalue weighted by molar-refractivity contribution is 7.90. The lowest BCUT2D eigenvalue weighted by Crippen LogP contribution is -2.24. The maximum absolute atomic E-state index is 12.1. The van der Waals surface area contributed by atoms with Crippen LogP contribution in [0.15, 0.2) is 59.6 Å². The van der Waals surface area contributed by atoms with Crippen molar-refractivity contribution in [2.75, 3.05) is 23.5 Å².